The summed E-state index contributed by atoms with van der Waals surface area (Å²) in [5.74, 6) is 3.85. The first kappa shape index (κ1) is 23.2. The highest BCUT2D eigenvalue weighted by molar-refractivity contribution is 5.86. The van der Waals surface area contributed by atoms with Crippen molar-refractivity contribution >= 4 is 16.9 Å². The van der Waals surface area contributed by atoms with Crippen LogP contribution in [0.2, 0.25) is 0 Å². The van der Waals surface area contributed by atoms with Gasteiger partial charge in [0.25, 0.3) is 0 Å². The second-order valence-electron chi connectivity index (χ2n) is 9.37. The number of aromatic nitrogens is 2. The molecule has 182 valence electrons. The molecule has 3 aromatic rings. The van der Waals surface area contributed by atoms with E-state index in [9.17, 15) is 0 Å². The van der Waals surface area contributed by atoms with Crippen LogP contribution in [0.15, 0.2) is 65.4 Å². The predicted octanol–water partition coefficient (Wildman–Crippen LogP) is 4.22. The first-order valence-corrected chi connectivity index (χ1v) is 12.2. The minimum Gasteiger partial charge on any atom is -0.491 e. The highest BCUT2D eigenvalue weighted by atomic mass is 16.5. The van der Waals surface area contributed by atoms with Gasteiger partial charge in [-0.1, -0.05) is 18.2 Å². The molecule has 0 spiro atoms. The van der Waals surface area contributed by atoms with Crippen LogP contribution in [0.5, 0.6) is 5.75 Å². The molecule has 0 fully saturated rings. The average Bonchev–Trinajstić information content (AvgIpc) is 3.02. The SMILES string of the molecule is C=CCC1=C(N2CCOc3ccc(-c4ccc5nc(C)n(C)c5c4)cc3C2)N=C(CN)N(C)C1C. The molecular weight excluding hydrogens is 436 g/mol. The van der Waals surface area contributed by atoms with E-state index < -0.39 is 0 Å². The topological polar surface area (TPSA) is 71.9 Å². The Bertz CT molecular complexity index is 1350. The molecule has 35 heavy (non-hydrogen) atoms. The van der Waals surface area contributed by atoms with E-state index in [1.54, 1.807) is 0 Å². The number of likely N-dealkylation sites (N-methyl/N-ethyl adjacent to an activating group) is 1. The quantitative estimate of drug-likeness (QED) is 0.565. The molecular formula is C28H34N6O. The van der Waals surface area contributed by atoms with Gasteiger partial charge in [0.2, 0.25) is 0 Å². The van der Waals surface area contributed by atoms with Crippen LogP contribution in [0.4, 0.5) is 0 Å². The van der Waals surface area contributed by atoms with Gasteiger partial charge in [0.1, 0.15) is 29.8 Å². The number of nitrogens with two attached hydrogens (primary N) is 1. The van der Waals surface area contributed by atoms with E-state index in [-0.39, 0.29) is 6.04 Å². The summed E-state index contributed by atoms with van der Waals surface area (Å²) in [7, 11) is 4.12. The molecule has 3 heterocycles. The van der Waals surface area contributed by atoms with E-state index in [0.717, 1.165) is 64.9 Å². The van der Waals surface area contributed by atoms with Crippen LogP contribution < -0.4 is 10.5 Å². The number of imidazole rings is 1. The van der Waals surface area contributed by atoms with Gasteiger partial charge in [0.05, 0.1) is 30.2 Å². The van der Waals surface area contributed by atoms with Crippen LogP contribution in [-0.4, -0.2) is 58.0 Å². The lowest BCUT2D eigenvalue weighted by Gasteiger charge is -2.37. The highest BCUT2D eigenvalue weighted by Gasteiger charge is 2.29. The molecule has 7 heteroatoms. The Kier molecular flexibility index (Phi) is 6.11. The van der Waals surface area contributed by atoms with Crippen LogP contribution >= 0.6 is 0 Å². The summed E-state index contributed by atoms with van der Waals surface area (Å²) in [6.45, 7) is 10.7. The Morgan fingerprint density at radius 3 is 2.71 bits per heavy atom. The van der Waals surface area contributed by atoms with Crippen molar-refractivity contribution in [2.45, 2.75) is 32.9 Å². The summed E-state index contributed by atoms with van der Waals surface area (Å²) in [5, 5.41) is 0. The molecule has 0 bridgehead atoms. The summed E-state index contributed by atoms with van der Waals surface area (Å²) >= 11 is 0. The summed E-state index contributed by atoms with van der Waals surface area (Å²) in [6.07, 6.45) is 2.75. The van der Waals surface area contributed by atoms with Crippen LogP contribution in [0.25, 0.3) is 22.2 Å². The maximum absolute atomic E-state index is 6.17. The number of aryl methyl sites for hydroxylation is 2. The zero-order valence-electron chi connectivity index (χ0n) is 21.1. The molecule has 1 unspecified atom stereocenters. The van der Waals surface area contributed by atoms with Crippen molar-refractivity contribution in [1.29, 1.82) is 0 Å². The first-order chi connectivity index (χ1) is 16.9. The van der Waals surface area contributed by atoms with Crippen molar-refractivity contribution in [2.75, 3.05) is 26.7 Å². The maximum atomic E-state index is 6.17. The monoisotopic (exact) mass is 470 g/mol. The second kappa shape index (κ2) is 9.23. The fraction of sp³-hybridized carbons (Fsp3) is 0.357. The largest absolute Gasteiger partial charge is 0.491 e. The lowest BCUT2D eigenvalue weighted by Crippen LogP contribution is -2.45. The number of rotatable bonds is 5. The molecule has 0 amide bonds. The Morgan fingerprint density at radius 1 is 1.17 bits per heavy atom. The second-order valence-corrected chi connectivity index (χ2v) is 9.37. The Labute approximate surface area is 207 Å². The zero-order valence-corrected chi connectivity index (χ0v) is 21.1. The third-order valence-electron chi connectivity index (χ3n) is 7.34. The van der Waals surface area contributed by atoms with E-state index in [2.05, 4.69) is 83.3 Å². The standard InChI is InChI=1S/C28H34N6O/c1-6-7-23-18(2)32(4)27(16-29)31-28(23)34-12-13-35-26-11-9-20(14-22(26)17-34)21-8-10-24-25(15-21)33(5)19(3)30-24/h6,8-11,14-15,18H,1,7,12-13,16-17,29H2,2-5H3. The predicted molar refractivity (Wildman–Crippen MR) is 142 cm³/mol. The van der Waals surface area contributed by atoms with E-state index >= 15 is 0 Å². The minimum atomic E-state index is 0.211. The van der Waals surface area contributed by atoms with E-state index in [1.807, 2.05) is 13.0 Å². The average molecular weight is 471 g/mol. The Balaban J connectivity index is 1.53. The molecule has 2 aliphatic rings. The third kappa shape index (κ3) is 4.10. The first-order valence-electron chi connectivity index (χ1n) is 12.2. The number of benzene rings is 2. The molecule has 0 aliphatic carbocycles. The number of hydrogen-bond donors (Lipinski definition) is 1. The van der Waals surface area contributed by atoms with Gasteiger partial charge in [-0.05, 0) is 61.2 Å². The molecule has 7 nitrogen and oxygen atoms in total. The molecule has 2 aliphatic heterocycles. The van der Waals surface area contributed by atoms with E-state index in [0.29, 0.717) is 13.2 Å². The van der Waals surface area contributed by atoms with Crippen molar-refractivity contribution in [1.82, 2.24) is 19.4 Å². The summed E-state index contributed by atoms with van der Waals surface area (Å²) < 4.78 is 8.30. The lowest BCUT2D eigenvalue weighted by atomic mass is 10.00. The van der Waals surface area contributed by atoms with Gasteiger partial charge in [-0.25, -0.2) is 9.98 Å². The number of hydrogen-bond acceptors (Lipinski definition) is 6. The Morgan fingerprint density at radius 2 is 1.94 bits per heavy atom. The van der Waals surface area contributed by atoms with Crippen LogP contribution in [0.3, 0.4) is 0 Å². The van der Waals surface area contributed by atoms with E-state index in [4.69, 9.17) is 15.5 Å². The Hall–Kier alpha value is -3.58. The van der Waals surface area contributed by atoms with Gasteiger partial charge in [-0.3, -0.25) is 0 Å². The normalized spacial score (nSPS) is 18.3. The number of allylic oxidation sites excluding steroid dienone is 1. The van der Waals surface area contributed by atoms with Crippen molar-refractivity contribution in [3.05, 3.63) is 71.8 Å². The van der Waals surface area contributed by atoms with Crippen molar-refractivity contribution in [2.24, 2.45) is 17.8 Å². The molecule has 0 saturated heterocycles. The summed E-state index contributed by atoms with van der Waals surface area (Å²) in [4.78, 5) is 14.1. The molecule has 5 rings (SSSR count). The minimum absolute atomic E-state index is 0.211. The number of fused-ring (bicyclic) bond motifs is 2. The smallest absolute Gasteiger partial charge is 0.132 e. The number of aliphatic imine (C=N–C) groups is 1. The summed E-state index contributed by atoms with van der Waals surface area (Å²) in [5.41, 5.74) is 12.9. The lowest BCUT2D eigenvalue weighted by molar-refractivity contribution is 0.254. The maximum Gasteiger partial charge on any atom is 0.132 e. The number of ether oxygens (including phenoxy) is 1. The zero-order chi connectivity index (χ0) is 24.7. The van der Waals surface area contributed by atoms with Crippen molar-refractivity contribution < 1.29 is 4.74 Å². The van der Waals surface area contributed by atoms with Crippen molar-refractivity contribution in [3.63, 3.8) is 0 Å². The van der Waals surface area contributed by atoms with Gasteiger partial charge in [-0.15, -0.1) is 6.58 Å². The third-order valence-corrected chi connectivity index (χ3v) is 7.34. The number of nitrogens with zero attached hydrogens (tertiary/aromatic N) is 5. The van der Waals surface area contributed by atoms with Gasteiger partial charge in [-0.2, -0.15) is 0 Å². The van der Waals surface area contributed by atoms with Crippen LogP contribution in [-0.2, 0) is 13.6 Å². The molecule has 1 aromatic heterocycles. The van der Waals surface area contributed by atoms with Gasteiger partial charge in [0.15, 0.2) is 0 Å². The fourth-order valence-corrected chi connectivity index (χ4v) is 5.04. The summed E-state index contributed by atoms with van der Waals surface area (Å²) in [6, 6.07) is 13.2. The van der Waals surface area contributed by atoms with Gasteiger partial charge >= 0.3 is 0 Å². The fourth-order valence-electron chi connectivity index (χ4n) is 5.04. The number of amidine groups is 1. The van der Waals surface area contributed by atoms with Gasteiger partial charge in [0, 0.05) is 26.2 Å². The van der Waals surface area contributed by atoms with Crippen molar-refractivity contribution in [3.8, 4) is 16.9 Å². The molecule has 2 N–H and O–H groups in total. The van der Waals surface area contributed by atoms with Crippen LogP contribution in [0, 0.1) is 6.92 Å². The van der Waals surface area contributed by atoms with Gasteiger partial charge < -0.3 is 24.8 Å². The molecule has 2 aromatic carbocycles. The van der Waals surface area contributed by atoms with Crippen LogP contribution in [0.1, 0.15) is 24.7 Å². The molecule has 0 saturated carbocycles. The highest BCUT2D eigenvalue weighted by Crippen LogP contribution is 2.34. The molecule has 1 atom stereocenters. The molecule has 0 radical (unpaired) electrons. The van der Waals surface area contributed by atoms with E-state index in [1.165, 1.54) is 11.1 Å².